The van der Waals surface area contributed by atoms with E-state index in [1.54, 1.807) is 45.0 Å². The Balaban J connectivity index is 3.48. The van der Waals surface area contributed by atoms with Crippen molar-refractivity contribution in [1.82, 2.24) is 15.5 Å². The maximum absolute atomic E-state index is 14.0. The molecule has 0 aliphatic rings. The van der Waals surface area contributed by atoms with Gasteiger partial charge < -0.3 is 26.0 Å². The van der Waals surface area contributed by atoms with E-state index >= 15 is 0 Å². The number of ether oxygens (including phenoxy) is 1. The van der Waals surface area contributed by atoms with Crippen molar-refractivity contribution in [2.24, 2.45) is 5.73 Å². The molecule has 4 N–H and O–H groups in total. The Labute approximate surface area is 227 Å². The topological polar surface area (TPSA) is 131 Å². The van der Waals surface area contributed by atoms with Crippen LogP contribution in [0.1, 0.15) is 96.7 Å². The zero-order valence-electron chi connectivity index (χ0n) is 23.5. The van der Waals surface area contributed by atoms with E-state index < -0.39 is 35.6 Å². The number of nitrogens with one attached hydrogen (secondary N) is 2. The van der Waals surface area contributed by atoms with E-state index in [4.69, 9.17) is 16.9 Å². The lowest BCUT2D eigenvalue weighted by molar-refractivity contribution is -0.142. The smallest absolute Gasteiger partial charge is 0.408 e. The second-order valence-corrected chi connectivity index (χ2v) is 10.3. The van der Waals surface area contributed by atoms with Gasteiger partial charge in [-0.15, -0.1) is 6.42 Å². The van der Waals surface area contributed by atoms with Crippen molar-refractivity contribution in [3.63, 3.8) is 0 Å². The number of nitrogens with two attached hydrogens (primary N) is 1. The first-order valence-electron chi connectivity index (χ1n) is 13.4. The first-order valence-corrected chi connectivity index (χ1v) is 13.4. The van der Waals surface area contributed by atoms with E-state index in [2.05, 4.69) is 16.6 Å². The average molecular weight is 529 g/mol. The van der Waals surface area contributed by atoms with Gasteiger partial charge in [0.1, 0.15) is 17.7 Å². The zero-order chi connectivity index (χ0) is 28.7. The predicted octanol–water partition coefficient (Wildman–Crippen LogP) is 3.80. The van der Waals surface area contributed by atoms with E-state index in [-0.39, 0.29) is 25.3 Å². The minimum Gasteiger partial charge on any atom is -0.444 e. The number of nitrogens with zero attached hydrogens (tertiary/aromatic N) is 1. The van der Waals surface area contributed by atoms with Crippen LogP contribution < -0.4 is 16.4 Å². The summed E-state index contributed by atoms with van der Waals surface area (Å²) in [6.45, 7) is 9.93. The van der Waals surface area contributed by atoms with Crippen LogP contribution in [0.15, 0.2) is 24.3 Å². The molecule has 1 aromatic carbocycles. The second-order valence-electron chi connectivity index (χ2n) is 10.3. The number of hydrogen-bond donors (Lipinski definition) is 3. The normalized spacial score (nSPS) is 12.5. The first kappa shape index (κ1) is 32.5. The molecule has 0 heterocycles. The molecule has 1 aromatic rings. The number of carbonyl (C=O) groups is 4. The number of benzene rings is 1. The molecule has 0 saturated heterocycles. The number of terminal acetylenes is 1. The number of rotatable bonds is 15. The third-order valence-corrected chi connectivity index (χ3v) is 5.74. The second kappa shape index (κ2) is 16.3. The van der Waals surface area contributed by atoms with Gasteiger partial charge in [-0.3, -0.25) is 14.4 Å². The zero-order valence-corrected chi connectivity index (χ0v) is 23.5. The molecule has 9 nitrogen and oxygen atoms in total. The Morgan fingerprint density at radius 3 is 2.21 bits per heavy atom. The van der Waals surface area contributed by atoms with Gasteiger partial charge in [0, 0.05) is 25.1 Å². The largest absolute Gasteiger partial charge is 0.444 e. The molecule has 0 spiro atoms. The van der Waals surface area contributed by atoms with Crippen LogP contribution in [-0.4, -0.2) is 53.4 Å². The van der Waals surface area contributed by atoms with Crippen LogP contribution in [0.2, 0.25) is 0 Å². The first-order chi connectivity index (χ1) is 17.9. The number of primary amides is 1. The number of carbonyl (C=O) groups excluding carboxylic acids is 4. The highest BCUT2D eigenvalue weighted by Gasteiger charge is 2.36. The molecule has 38 heavy (non-hydrogen) atoms. The number of amides is 4. The number of alkyl carbamates (subject to hydrolysis) is 1. The SMILES string of the molecule is C#Cc1ccc(C(C(=O)NCCCC)N(CCCCC)C(=O)C(CCC(N)=O)NC(=O)OC(C)(C)C)cc1. The molecule has 210 valence electrons. The standard InChI is InChI=1S/C29H44N4O5/c1-7-10-12-20-33(27(36)23(17-18-24(30)34)32-28(37)38-29(4,5)6)25(26(35)31-19-11-8-2)22-15-13-21(9-3)14-16-22/h3,13-16,23,25H,7-8,10-12,17-20H2,1-2,4-6H3,(H2,30,34)(H,31,35)(H,32,37). The van der Waals surface area contributed by atoms with E-state index in [1.165, 1.54) is 4.90 Å². The van der Waals surface area contributed by atoms with Gasteiger partial charge in [-0.1, -0.05) is 51.2 Å². The molecular weight excluding hydrogens is 484 g/mol. The summed E-state index contributed by atoms with van der Waals surface area (Å²) in [5.41, 5.74) is 5.80. The molecule has 0 fully saturated rings. The molecule has 2 atom stereocenters. The Bertz CT molecular complexity index is 963. The Morgan fingerprint density at radius 2 is 1.68 bits per heavy atom. The summed E-state index contributed by atoms with van der Waals surface area (Å²) in [7, 11) is 0. The predicted molar refractivity (Wildman–Crippen MR) is 148 cm³/mol. The third kappa shape index (κ3) is 11.7. The molecule has 0 aliphatic carbocycles. The highest BCUT2D eigenvalue weighted by atomic mass is 16.6. The summed E-state index contributed by atoms with van der Waals surface area (Å²) < 4.78 is 5.35. The molecular formula is C29H44N4O5. The van der Waals surface area contributed by atoms with Gasteiger partial charge in [0.05, 0.1) is 0 Å². The average Bonchev–Trinajstić information content (AvgIpc) is 2.84. The Morgan fingerprint density at radius 1 is 1.05 bits per heavy atom. The molecule has 2 unspecified atom stereocenters. The van der Waals surface area contributed by atoms with Gasteiger partial charge >= 0.3 is 6.09 Å². The van der Waals surface area contributed by atoms with Gasteiger partial charge in [-0.2, -0.15) is 0 Å². The van der Waals surface area contributed by atoms with Crippen molar-refractivity contribution in [1.29, 1.82) is 0 Å². The van der Waals surface area contributed by atoms with Crippen LogP contribution in [0.4, 0.5) is 4.79 Å². The van der Waals surface area contributed by atoms with Crippen molar-refractivity contribution in [2.75, 3.05) is 13.1 Å². The maximum atomic E-state index is 14.0. The Hall–Kier alpha value is -3.54. The van der Waals surface area contributed by atoms with E-state index in [1.807, 2.05) is 13.8 Å². The molecule has 0 radical (unpaired) electrons. The van der Waals surface area contributed by atoms with Crippen LogP contribution in [-0.2, 0) is 19.1 Å². The minimum atomic E-state index is -1.12. The fourth-order valence-electron chi connectivity index (χ4n) is 3.81. The Kier molecular flexibility index (Phi) is 14.0. The summed E-state index contributed by atoms with van der Waals surface area (Å²) >= 11 is 0. The highest BCUT2D eigenvalue weighted by molar-refractivity contribution is 5.92. The maximum Gasteiger partial charge on any atom is 0.408 e. The van der Waals surface area contributed by atoms with E-state index in [0.717, 1.165) is 25.7 Å². The van der Waals surface area contributed by atoms with Crippen molar-refractivity contribution >= 4 is 23.8 Å². The van der Waals surface area contributed by atoms with Gasteiger partial charge in [-0.25, -0.2) is 4.79 Å². The van der Waals surface area contributed by atoms with Crippen molar-refractivity contribution in [2.45, 2.75) is 97.2 Å². The number of hydrogen-bond acceptors (Lipinski definition) is 5. The van der Waals surface area contributed by atoms with Crippen molar-refractivity contribution < 1.29 is 23.9 Å². The lowest BCUT2D eigenvalue weighted by atomic mass is 9.99. The summed E-state index contributed by atoms with van der Waals surface area (Å²) in [5, 5.41) is 5.54. The molecule has 4 amide bonds. The summed E-state index contributed by atoms with van der Waals surface area (Å²) in [6, 6.07) is 4.84. The molecule has 0 bridgehead atoms. The third-order valence-electron chi connectivity index (χ3n) is 5.74. The molecule has 1 rings (SSSR count). The van der Waals surface area contributed by atoms with Crippen molar-refractivity contribution in [3.05, 3.63) is 35.4 Å². The fraction of sp³-hybridized carbons (Fsp3) is 0.586. The quantitative estimate of drug-likeness (QED) is 0.235. The summed E-state index contributed by atoms with van der Waals surface area (Å²) in [4.78, 5) is 53.2. The van der Waals surface area contributed by atoms with Gasteiger partial charge in [0.15, 0.2) is 0 Å². The van der Waals surface area contributed by atoms with Crippen LogP contribution in [0.3, 0.4) is 0 Å². The van der Waals surface area contributed by atoms with Crippen LogP contribution in [0, 0.1) is 12.3 Å². The lowest BCUT2D eigenvalue weighted by Gasteiger charge is -2.34. The highest BCUT2D eigenvalue weighted by Crippen LogP contribution is 2.25. The van der Waals surface area contributed by atoms with E-state index in [9.17, 15) is 19.2 Å². The van der Waals surface area contributed by atoms with Gasteiger partial charge in [0.2, 0.25) is 17.7 Å². The summed E-state index contributed by atoms with van der Waals surface area (Å²) in [5.74, 6) is 1.12. The fourth-order valence-corrected chi connectivity index (χ4v) is 3.81. The van der Waals surface area contributed by atoms with E-state index in [0.29, 0.717) is 24.1 Å². The molecule has 0 aliphatic heterocycles. The summed E-state index contributed by atoms with van der Waals surface area (Å²) in [6.07, 6.45) is 8.65. The minimum absolute atomic E-state index is 0.0299. The van der Waals surface area contributed by atoms with Crippen molar-refractivity contribution in [3.8, 4) is 12.3 Å². The number of unbranched alkanes of at least 4 members (excludes halogenated alkanes) is 3. The van der Waals surface area contributed by atoms with Gasteiger partial charge in [-0.05, 0) is 57.7 Å². The monoisotopic (exact) mass is 528 g/mol. The molecule has 0 aromatic heterocycles. The van der Waals surface area contributed by atoms with Gasteiger partial charge in [0.25, 0.3) is 0 Å². The van der Waals surface area contributed by atoms with Crippen LogP contribution in [0.25, 0.3) is 0 Å². The molecule has 9 heteroatoms. The lowest BCUT2D eigenvalue weighted by Crippen LogP contribution is -2.53. The van der Waals surface area contributed by atoms with Crippen LogP contribution >= 0.6 is 0 Å². The molecule has 0 saturated carbocycles. The van der Waals surface area contributed by atoms with Crippen LogP contribution in [0.5, 0.6) is 0 Å².